The molecular weight excluding hydrogens is 316 g/mol. The second-order valence-electron chi connectivity index (χ2n) is 4.67. The molecule has 2 aromatic heterocycles. The molecule has 7 nitrogen and oxygen atoms in total. The first-order valence-corrected chi connectivity index (χ1v) is 9.07. The minimum atomic E-state index is -3.84. The summed E-state index contributed by atoms with van der Waals surface area (Å²) in [5.41, 5.74) is 0. The van der Waals surface area contributed by atoms with Gasteiger partial charge in [0.1, 0.15) is 12.4 Å². The van der Waals surface area contributed by atoms with Crippen LogP contribution < -0.4 is 0 Å². The Morgan fingerprint density at radius 3 is 2.57 bits per heavy atom. The van der Waals surface area contributed by atoms with Crippen LogP contribution in [0.3, 0.4) is 0 Å². The Balaban J connectivity index is 2.26. The summed E-state index contributed by atoms with van der Waals surface area (Å²) < 4.78 is 29.6. The zero-order valence-corrected chi connectivity index (χ0v) is 13.5. The minimum Gasteiger partial charge on any atom is -0.337 e. The number of hydrogen-bond donors (Lipinski definition) is 0. The van der Waals surface area contributed by atoms with Crippen molar-refractivity contribution in [3.8, 4) is 0 Å². The van der Waals surface area contributed by atoms with Gasteiger partial charge in [-0.3, -0.25) is 0 Å². The molecule has 0 aromatic carbocycles. The molecular formula is C12H17ClN4O3S. The van der Waals surface area contributed by atoms with Gasteiger partial charge in [0.05, 0.1) is 0 Å². The standard InChI is InChI=1S/C12H17ClN4O3S/c1-3-5-9-14-11(20-16-9)7-17-8-12(21(13,18)19)15-10(17)6-4-2/h8H,3-7H2,1-2H3. The van der Waals surface area contributed by atoms with Gasteiger partial charge in [-0.05, 0) is 12.8 Å². The fourth-order valence-electron chi connectivity index (χ4n) is 1.93. The highest BCUT2D eigenvalue weighted by Crippen LogP contribution is 2.16. The Morgan fingerprint density at radius 2 is 1.95 bits per heavy atom. The summed E-state index contributed by atoms with van der Waals surface area (Å²) in [6.07, 6.45) is 4.55. The van der Waals surface area contributed by atoms with E-state index in [2.05, 4.69) is 15.1 Å². The van der Waals surface area contributed by atoms with Crippen molar-refractivity contribution in [2.24, 2.45) is 0 Å². The van der Waals surface area contributed by atoms with E-state index < -0.39 is 9.05 Å². The molecule has 0 spiro atoms. The van der Waals surface area contributed by atoms with Crippen LogP contribution in [0.25, 0.3) is 0 Å². The highest BCUT2D eigenvalue weighted by molar-refractivity contribution is 8.13. The van der Waals surface area contributed by atoms with Gasteiger partial charge in [0.15, 0.2) is 10.9 Å². The summed E-state index contributed by atoms with van der Waals surface area (Å²) in [7, 11) is 1.49. The molecule has 0 fully saturated rings. The number of nitrogens with zero attached hydrogens (tertiary/aromatic N) is 4. The number of hydrogen-bond acceptors (Lipinski definition) is 6. The van der Waals surface area contributed by atoms with Crippen LogP contribution in [-0.2, 0) is 28.4 Å². The SMILES string of the molecule is CCCc1noc(Cn2cc(S(=O)(=O)Cl)nc2CCC)n1. The van der Waals surface area contributed by atoms with Crippen LogP contribution in [0.4, 0.5) is 0 Å². The number of halogens is 1. The van der Waals surface area contributed by atoms with Crippen LogP contribution in [0.2, 0.25) is 0 Å². The number of rotatable bonds is 7. The lowest BCUT2D eigenvalue weighted by Gasteiger charge is -2.02. The van der Waals surface area contributed by atoms with Gasteiger partial charge in [-0.2, -0.15) is 4.98 Å². The first kappa shape index (κ1) is 16.0. The third-order valence-corrected chi connectivity index (χ3v) is 4.02. The Morgan fingerprint density at radius 1 is 1.24 bits per heavy atom. The molecule has 0 saturated carbocycles. The number of imidazole rings is 1. The summed E-state index contributed by atoms with van der Waals surface area (Å²) in [5.74, 6) is 1.70. The van der Waals surface area contributed by atoms with E-state index in [0.29, 0.717) is 24.0 Å². The Hall–Kier alpha value is -1.41. The van der Waals surface area contributed by atoms with Crippen molar-refractivity contribution in [2.45, 2.75) is 51.1 Å². The van der Waals surface area contributed by atoms with Gasteiger partial charge in [-0.1, -0.05) is 19.0 Å². The fourth-order valence-corrected chi connectivity index (χ4v) is 2.62. The lowest BCUT2D eigenvalue weighted by Crippen LogP contribution is -2.04. The molecule has 9 heteroatoms. The normalized spacial score (nSPS) is 12.0. The average Bonchev–Trinajstić information content (AvgIpc) is 2.98. The molecule has 0 aliphatic heterocycles. The molecule has 0 aliphatic carbocycles. The molecule has 0 aliphatic rings. The summed E-state index contributed by atoms with van der Waals surface area (Å²) in [4.78, 5) is 8.32. The van der Waals surface area contributed by atoms with E-state index in [4.69, 9.17) is 15.2 Å². The van der Waals surface area contributed by atoms with Gasteiger partial charge < -0.3 is 9.09 Å². The van der Waals surface area contributed by atoms with Gasteiger partial charge in [0, 0.05) is 29.7 Å². The van der Waals surface area contributed by atoms with E-state index in [-0.39, 0.29) is 11.6 Å². The highest BCUT2D eigenvalue weighted by Gasteiger charge is 2.19. The van der Waals surface area contributed by atoms with Crippen LogP contribution in [0, 0.1) is 0 Å². The van der Waals surface area contributed by atoms with Gasteiger partial charge in [0.25, 0.3) is 9.05 Å². The molecule has 116 valence electrons. The Kier molecular flexibility index (Phi) is 5.00. The maximum absolute atomic E-state index is 11.4. The van der Waals surface area contributed by atoms with Crippen molar-refractivity contribution in [3.05, 3.63) is 23.7 Å². The van der Waals surface area contributed by atoms with Crippen molar-refractivity contribution < 1.29 is 12.9 Å². The summed E-state index contributed by atoms with van der Waals surface area (Å²) in [6.45, 7) is 4.30. The van der Waals surface area contributed by atoms with Gasteiger partial charge >= 0.3 is 0 Å². The molecule has 2 heterocycles. The van der Waals surface area contributed by atoms with E-state index in [0.717, 1.165) is 19.3 Å². The molecule has 2 aromatic rings. The molecule has 0 unspecified atom stereocenters. The van der Waals surface area contributed by atoms with Crippen LogP contribution >= 0.6 is 10.7 Å². The predicted molar refractivity (Wildman–Crippen MR) is 76.7 cm³/mol. The predicted octanol–water partition coefficient (Wildman–Crippen LogP) is 2.15. The van der Waals surface area contributed by atoms with Gasteiger partial charge in [-0.15, -0.1) is 0 Å². The van der Waals surface area contributed by atoms with Gasteiger partial charge in [-0.25, -0.2) is 13.4 Å². The maximum Gasteiger partial charge on any atom is 0.280 e. The topological polar surface area (TPSA) is 90.9 Å². The monoisotopic (exact) mass is 332 g/mol. The molecule has 0 N–H and O–H groups in total. The summed E-state index contributed by atoms with van der Waals surface area (Å²) >= 11 is 0. The van der Waals surface area contributed by atoms with Crippen molar-refractivity contribution in [3.63, 3.8) is 0 Å². The third kappa shape index (κ3) is 4.04. The Bertz CT molecular complexity index is 708. The van der Waals surface area contributed by atoms with E-state index in [1.807, 2.05) is 13.8 Å². The molecule has 0 saturated heterocycles. The van der Waals surface area contributed by atoms with Gasteiger partial charge in [0.2, 0.25) is 5.89 Å². The van der Waals surface area contributed by atoms with E-state index in [9.17, 15) is 8.42 Å². The van der Waals surface area contributed by atoms with Crippen LogP contribution in [0.15, 0.2) is 15.7 Å². The fraction of sp³-hybridized carbons (Fsp3) is 0.583. The van der Waals surface area contributed by atoms with E-state index in [1.165, 1.54) is 6.20 Å². The molecule has 2 rings (SSSR count). The molecule has 0 radical (unpaired) electrons. The third-order valence-electron chi connectivity index (χ3n) is 2.85. The van der Waals surface area contributed by atoms with Crippen LogP contribution in [0.5, 0.6) is 0 Å². The second-order valence-corrected chi connectivity index (χ2v) is 7.18. The van der Waals surface area contributed by atoms with Crippen LogP contribution in [-0.4, -0.2) is 28.1 Å². The molecule has 0 bridgehead atoms. The highest BCUT2D eigenvalue weighted by atomic mass is 35.7. The second kappa shape index (κ2) is 6.57. The molecule has 21 heavy (non-hydrogen) atoms. The lowest BCUT2D eigenvalue weighted by molar-refractivity contribution is 0.364. The first-order valence-electron chi connectivity index (χ1n) is 6.76. The van der Waals surface area contributed by atoms with Crippen LogP contribution in [0.1, 0.15) is 44.2 Å². The average molecular weight is 333 g/mol. The summed E-state index contributed by atoms with van der Waals surface area (Å²) in [5, 5.41) is 3.72. The zero-order chi connectivity index (χ0) is 15.5. The number of aryl methyl sites for hydroxylation is 2. The Labute approximate surface area is 127 Å². The van der Waals surface area contributed by atoms with Crippen molar-refractivity contribution in [1.82, 2.24) is 19.7 Å². The largest absolute Gasteiger partial charge is 0.337 e. The van der Waals surface area contributed by atoms with E-state index in [1.54, 1.807) is 4.57 Å². The first-order chi connectivity index (χ1) is 9.94. The minimum absolute atomic E-state index is 0.152. The van der Waals surface area contributed by atoms with Crippen molar-refractivity contribution >= 4 is 19.7 Å². The molecule has 0 atom stereocenters. The lowest BCUT2D eigenvalue weighted by atomic mass is 10.3. The smallest absolute Gasteiger partial charge is 0.280 e. The molecule has 0 amide bonds. The number of aromatic nitrogens is 4. The van der Waals surface area contributed by atoms with Crippen molar-refractivity contribution in [2.75, 3.05) is 0 Å². The maximum atomic E-state index is 11.4. The van der Waals surface area contributed by atoms with Crippen molar-refractivity contribution in [1.29, 1.82) is 0 Å². The quantitative estimate of drug-likeness (QED) is 0.721. The zero-order valence-electron chi connectivity index (χ0n) is 11.9. The summed E-state index contributed by atoms with van der Waals surface area (Å²) in [6, 6.07) is 0. The van der Waals surface area contributed by atoms with E-state index >= 15 is 0 Å².